The Balaban J connectivity index is 1.10. The fourth-order valence-corrected chi connectivity index (χ4v) is 9.72. The molecule has 306 valence electrons. The summed E-state index contributed by atoms with van der Waals surface area (Å²) >= 11 is 0. The molecule has 0 fully saturated rings. The number of fused-ring (bicyclic) bond motifs is 6. The average Bonchev–Trinajstić information content (AvgIpc) is 3.90. The standard InChI is InChI=1S/C60H36N6/c1-61-44-21-13-20-41(34-44)49-37-58(66-54-27-12-10-23-48(54)51-36-43(29-31-56(51)66)46-25-15-33-64-60(46)40-18-7-4-8-19-40)52(62-2)38-57(49)65-53-26-11-9-22-47(53)50-35-42(28-30-55(50)65)45-24-14-32-63-59(45)39-16-5-3-6-17-39/h3-38H. The summed E-state index contributed by atoms with van der Waals surface area (Å²) < 4.78 is 4.51. The molecule has 66 heavy (non-hydrogen) atoms. The van der Waals surface area contributed by atoms with Crippen molar-refractivity contribution >= 4 is 55.0 Å². The molecule has 12 rings (SSSR count). The van der Waals surface area contributed by atoms with Gasteiger partial charge in [-0.25, -0.2) is 9.69 Å². The lowest BCUT2D eigenvalue weighted by atomic mass is 9.97. The van der Waals surface area contributed by atoms with Crippen LogP contribution in [0.25, 0.3) is 121 Å². The Morgan fingerprint density at radius 2 is 0.818 bits per heavy atom. The molecule has 6 nitrogen and oxygen atoms in total. The summed E-state index contributed by atoms with van der Waals surface area (Å²) in [6.07, 6.45) is 3.69. The lowest BCUT2D eigenvalue weighted by Gasteiger charge is -2.19. The molecule has 12 aromatic rings. The van der Waals surface area contributed by atoms with Crippen molar-refractivity contribution in [1.29, 1.82) is 0 Å². The van der Waals surface area contributed by atoms with Crippen LogP contribution in [0.5, 0.6) is 0 Å². The minimum atomic E-state index is 0.505. The van der Waals surface area contributed by atoms with Gasteiger partial charge in [-0.2, -0.15) is 0 Å². The van der Waals surface area contributed by atoms with Gasteiger partial charge in [0.25, 0.3) is 0 Å². The van der Waals surface area contributed by atoms with Crippen molar-refractivity contribution in [2.45, 2.75) is 0 Å². The van der Waals surface area contributed by atoms with Gasteiger partial charge < -0.3 is 9.13 Å². The molecule has 0 bridgehead atoms. The molecule has 4 aromatic heterocycles. The van der Waals surface area contributed by atoms with E-state index in [-0.39, 0.29) is 0 Å². The quantitative estimate of drug-likeness (QED) is 0.150. The zero-order valence-electron chi connectivity index (χ0n) is 35.5. The van der Waals surface area contributed by atoms with Gasteiger partial charge >= 0.3 is 0 Å². The van der Waals surface area contributed by atoms with E-state index in [1.807, 2.05) is 85.2 Å². The number of benzene rings is 8. The maximum absolute atomic E-state index is 8.81. The molecule has 0 saturated heterocycles. The maximum Gasteiger partial charge on any atom is 0.212 e. The topological polar surface area (TPSA) is 44.4 Å². The van der Waals surface area contributed by atoms with Crippen LogP contribution in [0.3, 0.4) is 0 Å². The van der Waals surface area contributed by atoms with E-state index in [0.29, 0.717) is 11.4 Å². The van der Waals surface area contributed by atoms with Crippen molar-refractivity contribution in [1.82, 2.24) is 19.1 Å². The molecule has 0 aliphatic heterocycles. The maximum atomic E-state index is 8.81. The molecule has 0 saturated carbocycles. The van der Waals surface area contributed by atoms with Crippen LogP contribution in [0.1, 0.15) is 0 Å². The van der Waals surface area contributed by atoms with E-state index in [9.17, 15) is 0 Å². The summed E-state index contributed by atoms with van der Waals surface area (Å²) in [5.74, 6) is 0. The van der Waals surface area contributed by atoms with Gasteiger partial charge in [0.2, 0.25) is 5.69 Å². The van der Waals surface area contributed by atoms with Gasteiger partial charge in [-0.1, -0.05) is 140 Å². The van der Waals surface area contributed by atoms with E-state index in [0.717, 1.165) is 111 Å². The fourth-order valence-electron chi connectivity index (χ4n) is 9.72. The molecule has 0 aliphatic rings. The van der Waals surface area contributed by atoms with Crippen molar-refractivity contribution in [3.05, 3.63) is 241 Å². The van der Waals surface area contributed by atoms with E-state index in [2.05, 4.69) is 152 Å². The zero-order valence-corrected chi connectivity index (χ0v) is 35.5. The van der Waals surface area contributed by atoms with Crippen molar-refractivity contribution in [3.63, 3.8) is 0 Å². The van der Waals surface area contributed by atoms with E-state index < -0.39 is 0 Å². The second kappa shape index (κ2) is 15.8. The summed E-state index contributed by atoms with van der Waals surface area (Å²) in [6.45, 7) is 16.8. The SMILES string of the molecule is [C-]#[N+]c1cccc(-c2cc(-n3c4ccccc4c4cc(-c5cccnc5-c5ccccc5)ccc43)c([N+]#[C-])cc2-n2c3ccccc3c3cc(-c4cccnc4-c4ccccc4)ccc32)c1. The lowest BCUT2D eigenvalue weighted by Crippen LogP contribution is -2.01. The number of rotatable bonds is 7. The first kappa shape index (κ1) is 38.3. The van der Waals surface area contributed by atoms with Crippen LogP contribution in [0.15, 0.2) is 219 Å². The number of pyridine rings is 2. The Bertz CT molecular complexity index is 3960. The van der Waals surface area contributed by atoms with Gasteiger partial charge in [0.15, 0.2) is 5.69 Å². The number of nitrogens with zero attached hydrogens (tertiary/aromatic N) is 6. The van der Waals surface area contributed by atoms with E-state index in [1.165, 1.54) is 0 Å². The average molecular weight is 841 g/mol. The van der Waals surface area contributed by atoms with Gasteiger partial charge in [-0.15, -0.1) is 0 Å². The molecular formula is C60H36N6. The second-order valence-corrected chi connectivity index (χ2v) is 16.3. The predicted octanol–water partition coefficient (Wildman–Crippen LogP) is 16.1. The van der Waals surface area contributed by atoms with Crippen LogP contribution in [-0.4, -0.2) is 19.1 Å². The Hall–Kier alpha value is -9.36. The molecule has 0 atom stereocenters. The molecule has 0 N–H and O–H groups in total. The Morgan fingerprint density at radius 3 is 1.36 bits per heavy atom. The van der Waals surface area contributed by atoms with Crippen LogP contribution in [0, 0.1) is 13.1 Å². The van der Waals surface area contributed by atoms with Crippen LogP contribution >= 0.6 is 0 Å². The smallest absolute Gasteiger partial charge is 0.212 e. The van der Waals surface area contributed by atoms with E-state index in [1.54, 1.807) is 0 Å². The normalized spacial score (nSPS) is 11.3. The number of hydrogen-bond acceptors (Lipinski definition) is 2. The van der Waals surface area contributed by atoms with Gasteiger partial charge in [-0.05, 0) is 83.4 Å². The van der Waals surface area contributed by atoms with Gasteiger partial charge in [0, 0.05) is 67.4 Å². The Labute approximate surface area is 381 Å². The molecule has 8 aromatic carbocycles. The van der Waals surface area contributed by atoms with Gasteiger partial charge in [-0.3, -0.25) is 9.97 Å². The van der Waals surface area contributed by atoms with Crippen LogP contribution in [0.4, 0.5) is 11.4 Å². The summed E-state index contributed by atoms with van der Waals surface area (Å²) in [5.41, 5.74) is 16.6. The third-order valence-electron chi connectivity index (χ3n) is 12.7. The van der Waals surface area contributed by atoms with Crippen molar-refractivity contribution in [2.24, 2.45) is 0 Å². The third kappa shape index (κ3) is 6.25. The number of para-hydroxylation sites is 2. The fraction of sp³-hybridized carbons (Fsp3) is 0. The minimum Gasteiger partial charge on any atom is -0.319 e. The third-order valence-corrected chi connectivity index (χ3v) is 12.7. The van der Waals surface area contributed by atoms with E-state index in [4.69, 9.17) is 23.1 Å². The number of hydrogen-bond donors (Lipinski definition) is 0. The zero-order chi connectivity index (χ0) is 44.1. The summed E-state index contributed by atoms with van der Waals surface area (Å²) in [7, 11) is 0. The highest BCUT2D eigenvalue weighted by Gasteiger charge is 2.23. The molecular weight excluding hydrogens is 805 g/mol. The first-order chi connectivity index (χ1) is 32.7. The first-order valence-corrected chi connectivity index (χ1v) is 21.8. The molecule has 0 aliphatic carbocycles. The van der Waals surface area contributed by atoms with Gasteiger partial charge in [0.05, 0.1) is 52.3 Å². The highest BCUT2D eigenvalue weighted by atomic mass is 15.0. The Kier molecular flexibility index (Phi) is 9.16. The lowest BCUT2D eigenvalue weighted by molar-refractivity contribution is 1.15. The molecule has 6 heteroatoms. The molecule has 4 heterocycles. The van der Waals surface area contributed by atoms with Crippen molar-refractivity contribution < 1.29 is 0 Å². The molecule has 0 amide bonds. The highest BCUT2D eigenvalue weighted by Crippen LogP contribution is 2.45. The predicted molar refractivity (Wildman–Crippen MR) is 270 cm³/mol. The van der Waals surface area contributed by atoms with Crippen molar-refractivity contribution in [3.8, 4) is 67.3 Å². The molecule has 0 radical (unpaired) electrons. The van der Waals surface area contributed by atoms with Crippen LogP contribution in [0.2, 0.25) is 0 Å². The monoisotopic (exact) mass is 840 g/mol. The van der Waals surface area contributed by atoms with E-state index >= 15 is 0 Å². The number of aromatic nitrogens is 4. The second-order valence-electron chi connectivity index (χ2n) is 16.3. The van der Waals surface area contributed by atoms with Crippen LogP contribution < -0.4 is 0 Å². The van der Waals surface area contributed by atoms with Gasteiger partial charge in [0.1, 0.15) is 0 Å². The minimum absolute atomic E-state index is 0.505. The molecule has 0 spiro atoms. The summed E-state index contributed by atoms with van der Waals surface area (Å²) in [4.78, 5) is 17.8. The first-order valence-electron chi connectivity index (χ1n) is 21.8. The molecule has 0 unspecified atom stereocenters. The largest absolute Gasteiger partial charge is 0.319 e. The summed E-state index contributed by atoms with van der Waals surface area (Å²) in [6, 6.07) is 70.9. The summed E-state index contributed by atoms with van der Waals surface area (Å²) in [5, 5.41) is 4.33. The Morgan fingerprint density at radius 1 is 0.333 bits per heavy atom. The van der Waals surface area contributed by atoms with Crippen molar-refractivity contribution in [2.75, 3.05) is 0 Å². The highest BCUT2D eigenvalue weighted by molar-refractivity contribution is 6.13. The van der Waals surface area contributed by atoms with Crippen LogP contribution in [-0.2, 0) is 0 Å².